The van der Waals surface area contributed by atoms with Crippen LogP contribution in [-0.2, 0) is 19.1 Å². The summed E-state index contributed by atoms with van der Waals surface area (Å²) in [4.78, 5) is 33.2. The van der Waals surface area contributed by atoms with Gasteiger partial charge in [0.05, 0.1) is 25.5 Å². The first-order valence-corrected chi connectivity index (χ1v) is 5.70. The maximum atomic E-state index is 11.1. The molecule has 0 amide bonds. The van der Waals surface area contributed by atoms with Gasteiger partial charge >= 0.3 is 5.97 Å². The predicted molar refractivity (Wildman–Crippen MR) is 55.6 cm³/mol. The predicted octanol–water partition coefficient (Wildman–Crippen LogP) is -1.46. The van der Waals surface area contributed by atoms with Crippen molar-refractivity contribution < 1.29 is 29.3 Å². The molecule has 0 aromatic heterocycles. The molecule has 1 fully saturated rings. The third kappa shape index (κ3) is 3.32. The number of carboxylic acid groups (broad SMARTS) is 2. The lowest BCUT2D eigenvalue weighted by Gasteiger charge is -2.21. The maximum absolute atomic E-state index is 11.1. The van der Waals surface area contributed by atoms with Crippen molar-refractivity contribution in [3.8, 4) is 0 Å². The second kappa shape index (κ2) is 6.18. The molecule has 1 saturated carbocycles. The molecule has 0 unspecified atom stereocenters. The zero-order valence-electron chi connectivity index (χ0n) is 10.1. The second-order valence-electron chi connectivity index (χ2n) is 4.20. The van der Waals surface area contributed by atoms with E-state index in [0.717, 1.165) is 20.0 Å². The summed E-state index contributed by atoms with van der Waals surface area (Å²) < 4.78 is 4.35. The Labute approximate surface area is 104 Å². The van der Waals surface area contributed by atoms with Crippen molar-refractivity contribution in [2.45, 2.75) is 32.1 Å². The van der Waals surface area contributed by atoms with Crippen LogP contribution in [0.4, 0.5) is 0 Å². The van der Waals surface area contributed by atoms with Gasteiger partial charge in [-0.05, 0) is 29.9 Å². The molecular weight excluding hydrogens is 240 g/mol. The fourth-order valence-electron chi connectivity index (χ4n) is 2.24. The van der Waals surface area contributed by atoms with E-state index in [1.807, 2.05) is 0 Å². The number of hydrogen-bond donors (Lipinski definition) is 0. The normalized spacial score (nSPS) is 17.2. The van der Waals surface area contributed by atoms with Crippen LogP contribution >= 0.6 is 0 Å². The molecule has 0 N–H and O–H groups in total. The molecule has 1 rings (SSSR count). The van der Waals surface area contributed by atoms with Gasteiger partial charge in [0, 0.05) is 0 Å². The molecule has 1 aliphatic carbocycles. The number of ether oxygens (including phenoxy) is 1. The average Bonchev–Trinajstić information content (AvgIpc) is 2.80. The molecule has 1 aliphatic rings. The molecule has 0 saturated heterocycles. The molecular formula is C12H14O6-2. The second-order valence-corrected chi connectivity index (χ2v) is 4.20. The number of carbonyl (C=O) groups excluding carboxylic acids is 3. The summed E-state index contributed by atoms with van der Waals surface area (Å²) in [5.74, 6) is -4.41. The molecule has 18 heavy (non-hydrogen) atoms. The monoisotopic (exact) mass is 254 g/mol. The molecule has 0 aliphatic heterocycles. The van der Waals surface area contributed by atoms with Gasteiger partial charge in [-0.2, -0.15) is 0 Å². The fourth-order valence-corrected chi connectivity index (χ4v) is 2.24. The summed E-state index contributed by atoms with van der Waals surface area (Å²) in [5, 5.41) is 22.1. The lowest BCUT2D eigenvalue weighted by Crippen LogP contribution is -2.35. The van der Waals surface area contributed by atoms with Crippen LogP contribution in [0.25, 0.3) is 0 Å². The molecule has 6 heteroatoms. The van der Waals surface area contributed by atoms with Gasteiger partial charge in [-0.25, -0.2) is 0 Å². The molecule has 0 spiro atoms. The van der Waals surface area contributed by atoms with Crippen molar-refractivity contribution in [1.29, 1.82) is 0 Å². The molecule has 0 aromatic carbocycles. The van der Waals surface area contributed by atoms with E-state index in [4.69, 9.17) is 0 Å². The highest BCUT2D eigenvalue weighted by molar-refractivity contribution is 6.00. The van der Waals surface area contributed by atoms with Crippen LogP contribution in [0.2, 0.25) is 0 Å². The van der Waals surface area contributed by atoms with Gasteiger partial charge in [0.2, 0.25) is 0 Å². The van der Waals surface area contributed by atoms with Crippen molar-refractivity contribution in [1.82, 2.24) is 0 Å². The highest BCUT2D eigenvalue weighted by atomic mass is 16.5. The molecule has 6 nitrogen and oxygen atoms in total. The molecule has 0 radical (unpaired) electrons. The zero-order valence-corrected chi connectivity index (χ0v) is 10.1. The standard InChI is InChI=1S/C12H16O6/c1-18-9(13)6-8(11(14)15)10(12(16)17)7-4-2-3-5-7/h7H,2-6H2,1H3,(H,14,15)(H,16,17)/p-2/b10-8+. The SMILES string of the molecule is COC(=O)C/C(C(=O)[O-])=C(\C(=O)[O-])C1CCCC1. The summed E-state index contributed by atoms with van der Waals surface area (Å²) >= 11 is 0. The minimum absolute atomic E-state index is 0.321. The van der Waals surface area contributed by atoms with Crippen molar-refractivity contribution >= 4 is 17.9 Å². The Kier molecular flexibility index (Phi) is 4.88. The minimum atomic E-state index is -1.66. The highest BCUT2D eigenvalue weighted by Crippen LogP contribution is 2.33. The Morgan fingerprint density at radius 3 is 2.06 bits per heavy atom. The van der Waals surface area contributed by atoms with Gasteiger partial charge in [0.1, 0.15) is 0 Å². The molecule has 0 bridgehead atoms. The first-order valence-electron chi connectivity index (χ1n) is 5.70. The largest absolute Gasteiger partial charge is 0.545 e. The van der Waals surface area contributed by atoms with Crippen molar-refractivity contribution in [2.75, 3.05) is 7.11 Å². The van der Waals surface area contributed by atoms with Crippen LogP contribution in [0.5, 0.6) is 0 Å². The van der Waals surface area contributed by atoms with Gasteiger partial charge in [0.15, 0.2) is 0 Å². The van der Waals surface area contributed by atoms with Gasteiger partial charge in [-0.15, -0.1) is 0 Å². The summed E-state index contributed by atoms with van der Waals surface area (Å²) in [7, 11) is 1.10. The van der Waals surface area contributed by atoms with Crippen LogP contribution in [-0.4, -0.2) is 25.0 Å². The van der Waals surface area contributed by atoms with E-state index in [1.54, 1.807) is 0 Å². The van der Waals surface area contributed by atoms with E-state index >= 15 is 0 Å². The minimum Gasteiger partial charge on any atom is -0.545 e. The van der Waals surface area contributed by atoms with E-state index in [2.05, 4.69) is 4.74 Å². The smallest absolute Gasteiger partial charge is 0.310 e. The van der Waals surface area contributed by atoms with E-state index < -0.39 is 29.9 Å². The van der Waals surface area contributed by atoms with Gasteiger partial charge in [-0.3, -0.25) is 4.79 Å². The molecule has 100 valence electrons. The van der Waals surface area contributed by atoms with Crippen molar-refractivity contribution in [2.24, 2.45) is 5.92 Å². The Hall–Kier alpha value is -1.85. The Balaban J connectivity index is 3.12. The molecule has 0 atom stereocenters. The lowest BCUT2D eigenvalue weighted by molar-refractivity contribution is -0.304. The number of rotatable bonds is 5. The highest BCUT2D eigenvalue weighted by Gasteiger charge is 2.25. The van der Waals surface area contributed by atoms with E-state index in [0.29, 0.717) is 12.8 Å². The summed E-state index contributed by atoms with van der Waals surface area (Å²) in [6, 6.07) is 0. The van der Waals surface area contributed by atoms with Crippen LogP contribution in [0, 0.1) is 5.92 Å². The van der Waals surface area contributed by atoms with Crippen molar-refractivity contribution in [3.63, 3.8) is 0 Å². The number of aliphatic carboxylic acids is 2. The topological polar surface area (TPSA) is 107 Å². The maximum Gasteiger partial charge on any atom is 0.310 e. The van der Waals surface area contributed by atoms with Gasteiger partial charge in [-0.1, -0.05) is 12.8 Å². The number of carboxylic acids is 2. The summed E-state index contributed by atoms with van der Waals surface area (Å²) in [6.45, 7) is 0. The Morgan fingerprint density at radius 1 is 1.11 bits per heavy atom. The quantitative estimate of drug-likeness (QED) is 0.438. The van der Waals surface area contributed by atoms with Crippen molar-refractivity contribution in [3.05, 3.63) is 11.1 Å². The summed E-state index contributed by atoms with van der Waals surface area (Å²) in [5.41, 5.74) is -0.855. The van der Waals surface area contributed by atoms with Crippen LogP contribution in [0.1, 0.15) is 32.1 Å². The number of esters is 1. The van der Waals surface area contributed by atoms with Crippen LogP contribution in [0.15, 0.2) is 11.1 Å². The average molecular weight is 254 g/mol. The Bertz CT molecular complexity index is 389. The number of hydrogen-bond acceptors (Lipinski definition) is 6. The van der Waals surface area contributed by atoms with E-state index in [1.165, 1.54) is 0 Å². The van der Waals surface area contributed by atoms with Gasteiger partial charge in [0.25, 0.3) is 0 Å². The van der Waals surface area contributed by atoms with Crippen LogP contribution in [0.3, 0.4) is 0 Å². The zero-order chi connectivity index (χ0) is 13.7. The first-order chi connectivity index (χ1) is 8.47. The fraction of sp³-hybridized carbons (Fsp3) is 0.583. The first kappa shape index (κ1) is 14.2. The lowest BCUT2D eigenvalue weighted by atomic mass is 9.91. The number of methoxy groups -OCH3 is 1. The number of carbonyl (C=O) groups is 3. The summed E-state index contributed by atoms with van der Waals surface area (Å²) in [6.07, 6.45) is 2.22. The molecule has 0 aromatic rings. The molecule has 0 heterocycles. The third-order valence-electron chi connectivity index (χ3n) is 3.10. The van der Waals surface area contributed by atoms with Crippen LogP contribution < -0.4 is 10.2 Å². The Morgan fingerprint density at radius 2 is 1.67 bits per heavy atom. The third-order valence-corrected chi connectivity index (χ3v) is 3.10. The van der Waals surface area contributed by atoms with E-state index in [9.17, 15) is 24.6 Å². The van der Waals surface area contributed by atoms with Gasteiger partial charge < -0.3 is 24.5 Å². The van der Waals surface area contributed by atoms with E-state index in [-0.39, 0.29) is 11.5 Å².